The van der Waals surface area contributed by atoms with E-state index in [-0.39, 0.29) is 23.2 Å². The van der Waals surface area contributed by atoms with E-state index in [2.05, 4.69) is 25.6 Å². The van der Waals surface area contributed by atoms with Crippen LogP contribution in [0, 0.1) is 17.2 Å². The summed E-state index contributed by atoms with van der Waals surface area (Å²) in [5, 5.41) is 16.4. The lowest BCUT2D eigenvalue weighted by atomic mass is 10.1. The van der Waals surface area contributed by atoms with Crippen LogP contribution in [0.3, 0.4) is 0 Å². The number of likely N-dealkylation sites (N-methyl/N-ethyl adjacent to an activating group) is 1. The Morgan fingerprint density at radius 2 is 1.94 bits per heavy atom. The molecular weight excluding hydrogens is 410 g/mol. The Labute approximate surface area is 176 Å². The van der Waals surface area contributed by atoms with Gasteiger partial charge in [0.1, 0.15) is 6.07 Å². The molecule has 162 valence electrons. The van der Waals surface area contributed by atoms with Crippen molar-refractivity contribution in [1.29, 1.82) is 5.26 Å². The molecular formula is C19H20F2N8O2. The Morgan fingerprint density at radius 3 is 2.48 bits per heavy atom. The Morgan fingerprint density at radius 1 is 1.19 bits per heavy atom. The summed E-state index contributed by atoms with van der Waals surface area (Å²) in [6, 6.07) is 3.31. The van der Waals surface area contributed by atoms with Crippen molar-refractivity contribution in [2.45, 2.75) is 25.6 Å². The van der Waals surface area contributed by atoms with Crippen LogP contribution in [0.25, 0.3) is 11.3 Å². The lowest BCUT2D eigenvalue weighted by Crippen LogP contribution is -2.50. The molecule has 3 rings (SSSR count). The van der Waals surface area contributed by atoms with Gasteiger partial charge in [0, 0.05) is 31.8 Å². The van der Waals surface area contributed by atoms with Crippen LogP contribution >= 0.6 is 0 Å². The van der Waals surface area contributed by atoms with Gasteiger partial charge in [-0.05, 0) is 18.9 Å². The SMILES string of the molecule is CN(C)C(=O)C(Nc1cc(-c2cnc(NC(=O)C3CC3)cn2)cnc1C#N)NC(F)F. The molecule has 1 atom stereocenters. The van der Waals surface area contributed by atoms with Gasteiger partial charge in [-0.2, -0.15) is 14.0 Å². The highest BCUT2D eigenvalue weighted by atomic mass is 19.3. The predicted octanol–water partition coefficient (Wildman–Crippen LogP) is 1.40. The van der Waals surface area contributed by atoms with E-state index >= 15 is 0 Å². The molecule has 0 spiro atoms. The minimum Gasteiger partial charge on any atom is -0.359 e. The number of rotatable bonds is 8. The third-order valence-corrected chi connectivity index (χ3v) is 4.42. The van der Waals surface area contributed by atoms with Crippen molar-refractivity contribution in [3.8, 4) is 17.3 Å². The number of aromatic nitrogens is 3. The van der Waals surface area contributed by atoms with E-state index in [4.69, 9.17) is 0 Å². The predicted molar refractivity (Wildman–Crippen MR) is 107 cm³/mol. The van der Waals surface area contributed by atoms with Gasteiger partial charge in [-0.25, -0.2) is 15.3 Å². The maximum atomic E-state index is 12.9. The first-order chi connectivity index (χ1) is 14.8. The molecule has 0 aliphatic heterocycles. The molecule has 2 aromatic heterocycles. The van der Waals surface area contributed by atoms with Gasteiger partial charge >= 0.3 is 0 Å². The summed E-state index contributed by atoms with van der Waals surface area (Å²) in [6.45, 7) is -2.97. The van der Waals surface area contributed by atoms with Gasteiger partial charge < -0.3 is 15.5 Å². The minimum atomic E-state index is -2.97. The molecule has 1 fully saturated rings. The molecule has 10 nitrogen and oxygen atoms in total. The molecule has 0 radical (unpaired) electrons. The second-order valence-electron chi connectivity index (χ2n) is 7.06. The number of amides is 2. The molecule has 1 aliphatic carbocycles. The molecule has 0 bridgehead atoms. The molecule has 12 heteroatoms. The lowest BCUT2D eigenvalue weighted by molar-refractivity contribution is -0.131. The zero-order valence-electron chi connectivity index (χ0n) is 16.8. The number of hydrogen-bond donors (Lipinski definition) is 3. The second-order valence-corrected chi connectivity index (χ2v) is 7.06. The van der Waals surface area contributed by atoms with E-state index in [1.165, 1.54) is 38.8 Å². The van der Waals surface area contributed by atoms with Gasteiger partial charge in [-0.1, -0.05) is 0 Å². The van der Waals surface area contributed by atoms with Crippen molar-refractivity contribution in [1.82, 2.24) is 25.2 Å². The van der Waals surface area contributed by atoms with Gasteiger partial charge in [0.2, 0.25) is 5.91 Å². The highest BCUT2D eigenvalue weighted by Gasteiger charge is 2.30. The number of alkyl halides is 2. The zero-order valence-corrected chi connectivity index (χ0v) is 16.8. The molecule has 0 saturated heterocycles. The number of anilines is 2. The number of pyridine rings is 1. The van der Waals surface area contributed by atoms with Crippen LogP contribution in [0.1, 0.15) is 18.5 Å². The van der Waals surface area contributed by atoms with Gasteiger partial charge in [-0.15, -0.1) is 0 Å². The summed E-state index contributed by atoms with van der Waals surface area (Å²) in [5.74, 6) is -0.433. The highest BCUT2D eigenvalue weighted by Crippen LogP contribution is 2.30. The van der Waals surface area contributed by atoms with E-state index in [0.717, 1.165) is 17.7 Å². The highest BCUT2D eigenvalue weighted by molar-refractivity contribution is 5.93. The summed E-state index contributed by atoms with van der Waals surface area (Å²) in [5.41, 5.74) is 0.794. The number of halogens is 2. The molecule has 2 amide bonds. The van der Waals surface area contributed by atoms with Crippen molar-refractivity contribution in [2.24, 2.45) is 5.92 Å². The van der Waals surface area contributed by atoms with E-state index in [1.807, 2.05) is 11.4 Å². The van der Waals surface area contributed by atoms with E-state index in [1.54, 1.807) is 0 Å². The first-order valence-corrected chi connectivity index (χ1v) is 9.33. The largest absolute Gasteiger partial charge is 0.359 e. The summed E-state index contributed by atoms with van der Waals surface area (Å²) < 4.78 is 25.7. The summed E-state index contributed by atoms with van der Waals surface area (Å²) >= 11 is 0. The molecule has 31 heavy (non-hydrogen) atoms. The van der Waals surface area contributed by atoms with Crippen LogP contribution in [0.15, 0.2) is 24.7 Å². The maximum absolute atomic E-state index is 12.9. The lowest BCUT2D eigenvalue weighted by Gasteiger charge is -2.23. The van der Waals surface area contributed by atoms with Crippen LogP contribution in [0.5, 0.6) is 0 Å². The number of nitriles is 1. The van der Waals surface area contributed by atoms with Crippen LogP contribution < -0.4 is 16.0 Å². The molecule has 0 aromatic carbocycles. The quantitative estimate of drug-likeness (QED) is 0.422. The molecule has 1 unspecified atom stereocenters. The van der Waals surface area contributed by atoms with Crippen molar-refractivity contribution in [3.05, 3.63) is 30.4 Å². The minimum absolute atomic E-state index is 0.0255. The van der Waals surface area contributed by atoms with Crippen LogP contribution in [-0.2, 0) is 9.59 Å². The average molecular weight is 430 g/mol. The van der Waals surface area contributed by atoms with E-state index < -0.39 is 18.6 Å². The number of nitrogens with one attached hydrogen (secondary N) is 3. The zero-order chi connectivity index (χ0) is 22.5. The molecule has 2 aromatic rings. The van der Waals surface area contributed by atoms with Gasteiger partial charge in [0.05, 0.1) is 23.8 Å². The number of carbonyl (C=O) groups excluding carboxylic acids is 2. The summed E-state index contributed by atoms with van der Waals surface area (Å²) in [7, 11) is 2.84. The smallest absolute Gasteiger partial charge is 0.294 e. The Balaban J connectivity index is 1.83. The van der Waals surface area contributed by atoms with Crippen molar-refractivity contribution >= 4 is 23.3 Å². The van der Waals surface area contributed by atoms with Crippen molar-refractivity contribution in [2.75, 3.05) is 24.7 Å². The fraction of sp³-hybridized carbons (Fsp3) is 0.368. The standard InChI is InChI=1S/C19H20F2N8O2/c1-29(2)18(31)16(28-19(20)21)26-12-5-11(7-23-13(12)6-22)14-8-25-15(9-24-14)27-17(30)10-3-4-10/h5,7-10,16,19,26,28H,3-4H2,1-2H3,(H,25,27,30). The number of hydrogen-bond acceptors (Lipinski definition) is 8. The van der Waals surface area contributed by atoms with Crippen molar-refractivity contribution in [3.63, 3.8) is 0 Å². The summed E-state index contributed by atoms with van der Waals surface area (Å²) in [4.78, 5) is 37.6. The Hall–Kier alpha value is -3.72. The molecule has 1 saturated carbocycles. The van der Waals surface area contributed by atoms with Gasteiger partial charge in [0.15, 0.2) is 17.7 Å². The van der Waals surface area contributed by atoms with Crippen LogP contribution in [0.4, 0.5) is 20.3 Å². The van der Waals surface area contributed by atoms with Crippen LogP contribution in [-0.4, -0.2) is 58.5 Å². The topological polar surface area (TPSA) is 136 Å². The van der Waals surface area contributed by atoms with E-state index in [9.17, 15) is 23.6 Å². The third kappa shape index (κ3) is 5.67. The monoisotopic (exact) mass is 430 g/mol. The Bertz CT molecular complexity index is 1000. The molecule has 1 aliphatic rings. The van der Waals surface area contributed by atoms with Gasteiger partial charge in [-0.3, -0.25) is 14.6 Å². The number of nitrogens with zero attached hydrogens (tertiary/aromatic N) is 5. The normalized spacial score (nSPS) is 13.9. The first-order valence-electron chi connectivity index (χ1n) is 9.33. The molecule has 2 heterocycles. The van der Waals surface area contributed by atoms with Gasteiger partial charge in [0.25, 0.3) is 12.5 Å². The van der Waals surface area contributed by atoms with Crippen LogP contribution in [0.2, 0.25) is 0 Å². The Kier molecular flexibility index (Phi) is 6.66. The third-order valence-electron chi connectivity index (χ3n) is 4.42. The summed E-state index contributed by atoms with van der Waals surface area (Å²) in [6.07, 6.45) is 4.42. The fourth-order valence-corrected chi connectivity index (χ4v) is 2.63. The first kappa shape index (κ1) is 22.0. The fourth-order valence-electron chi connectivity index (χ4n) is 2.63. The molecule has 3 N–H and O–H groups in total. The second kappa shape index (κ2) is 9.40. The number of carbonyl (C=O) groups is 2. The van der Waals surface area contributed by atoms with E-state index in [0.29, 0.717) is 17.1 Å². The van der Waals surface area contributed by atoms with Crippen molar-refractivity contribution < 1.29 is 18.4 Å². The maximum Gasteiger partial charge on any atom is 0.294 e. The average Bonchev–Trinajstić information content (AvgIpc) is 3.58.